The molecule has 8 aromatic rings. The molecule has 0 bridgehead atoms. The Labute approximate surface area is 200 Å². The molecule has 0 saturated heterocycles. The van der Waals surface area contributed by atoms with E-state index >= 15 is 0 Å². The second kappa shape index (κ2) is 6.69. The van der Waals surface area contributed by atoms with Crippen molar-refractivity contribution in [2.75, 3.05) is 0 Å². The molecule has 158 valence electrons. The molecule has 2 aromatic heterocycles. The summed E-state index contributed by atoms with van der Waals surface area (Å²) in [4.78, 5) is 0. The molecule has 0 amide bonds. The average Bonchev–Trinajstić information content (AvgIpc) is 3.45. The maximum absolute atomic E-state index is 2.46. The first kappa shape index (κ1) is 18.3. The number of rotatable bonds is 1. The molecule has 2 heterocycles. The molecule has 0 spiro atoms. The number of para-hydroxylation sites is 2. The van der Waals surface area contributed by atoms with E-state index in [0.29, 0.717) is 0 Å². The van der Waals surface area contributed by atoms with Crippen molar-refractivity contribution in [3.63, 3.8) is 0 Å². The van der Waals surface area contributed by atoms with Crippen molar-refractivity contribution in [2.24, 2.45) is 0 Å². The maximum Gasteiger partial charge on any atom is 0.0626 e. The number of hydrogen-bond acceptors (Lipinski definition) is 1. The van der Waals surface area contributed by atoms with Crippen molar-refractivity contribution in [3.05, 3.63) is 115 Å². The smallest absolute Gasteiger partial charge is 0.0626 e. The van der Waals surface area contributed by atoms with Gasteiger partial charge in [-0.25, -0.2) is 0 Å². The van der Waals surface area contributed by atoms with E-state index in [4.69, 9.17) is 0 Å². The van der Waals surface area contributed by atoms with Gasteiger partial charge < -0.3 is 4.57 Å². The fourth-order valence-corrected chi connectivity index (χ4v) is 6.94. The summed E-state index contributed by atoms with van der Waals surface area (Å²) in [6.07, 6.45) is 0. The van der Waals surface area contributed by atoms with E-state index in [2.05, 4.69) is 120 Å². The summed E-state index contributed by atoms with van der Waals surface area (Å²) in [6.45, 7) is 0. The van der Waals surface area contributed by atoms with Gasteiger partial charge in [-0.15, -0.1) is 11.3 Å². The van der Waals surface area contributed by atoms with Crippen molar-refractivity contribution in [1.29, 1.82) is 0 Å². The third-order valence-corrected chi connectivity index (χ3v) is 8.29. The Morgan fingerprint density at radius 2 is 1.06 bits per heavy atom. The molecule has 8 rings (SSSR count). The lowest BCUT2D eigenvalue weighted by Gasteiger charge is -2.13. The molecule has 0 fully saturated rings. The number of benzene rings is 6. The highest BCUT2D eigenvalue weighted by Gasteiger charge is 2.20. The van der Waals surface area contributed by atoms with E-state index in [1.807, 2.05) is 11.3 Å². The molecule has 0 aliphatic heterocycles. The van der Waals surface area contributed by atoms with Crippen LogP contribution in [0.4, 0.5) is 0 Å². The van der Waals surface area contributed by atoms with Crippen molar-refractivity contribution in [2.45, 2.75) is 0 Å². The Kier molecular flexibility index (Phi) is 3.60. The predicted molar refractivity (Wildman–Crippen MR) is 149 cm³/mol. The van der Waals surface area contributed by atoms with Gasteiger partial charge in [-0.2, -0.15) is 0 Å². The fraction of sp³-hybridized carbons (Fsp3) is 0. The monoisotopic (exact) mass is 449 g/mol. The molecular weight excluding hydrogens is 430 g/mol. The summed E-state index contributed by atoms with van der Waals surface area (Å²) in [7, 11) is 0. The van der Waals surface area contributed by atoms with E-state index in [0.717, 1.165) is 0 Å². The van der Waals surface area contributed by atoms with Gasteiger partial charge in [-0.3, -0.25) is 0 Å². The largest absolute Gasteiger partial charge is 0.309 e. The highest BCUT2D eigenvalue weighted by atomic mass is 32.1. The van der Waals surface area contributed by atoms with Crippen LogP contribution < -0.4 is 0 Å². The number of hydrogen-bond donors (Lipinski definition) is 0. The van der Waals surface area contributed by atoms with Gasteiger partial charge in [0.15, 0.2) is 0 Å². The normalized spacial score (nSPS) is 12.1. The van der Waals surface area contributed by atoms with Gasteiger partial charge >= 0.3 is 0 Å². The predicted octanol–water partition coefficient (Wildman–Crippen LogP) is 9.46. The van der Waals surface area contributed by atoms with Crippen LogP contribution in [-0.4, -0.2) is 4.57 Å². The zero-order valence-electron chi connectivity index (χ0n) is 18.3. The second-order valence-electron chi connectivity index (χ2n) is 8.92. The van der Waals surface area contributed by atoms with Crippen molar-refractivity contribution < 1.29 is 0 Å². The number of fused-ring (bicyclic) bond motifs is 12. The van der Waals surface area contributed by atoms with Gasteiger partial charge in [-0.1, -0.05) is 84.9 Å². The van der Waals surface area contributed by atoms with Gasteiger partial charge in [0.2, 0.25) is 0 Å². The highest BCUT2D eigenvalue weighted by molar-refractivity contribution is 7.26. The highest BCUT2D eigenvalue weighted by Crippen LogP contribution is 2.47. The van der Waals surface area contributed by atoms with E-state index in [1.54, 1.807) is 0 Å². The lowest BCUT2D eigenvalue weighted by Crippen LogP contribution is -1.94. The Bertz CT molecular complexity index is 2060. The van der Waals surface area contributed by atoms with Gasteiger partial charge in [0.1, 0.15) is 0 Å². The van der Waals surface area contributed by atoms with Crippen LogP contribution in [0.25, 0.3) is 69.2 Å². The van der Waals surface area contributed by atoms with Crippen LogP contribution in [0.5, 0.6) is 0 Å². The summed E-state index contributed by atoms with van der Waals surface area (Å²) in [5, 5.41) is 10.7. The van der Waals surface area contributed by atoms with Crippen LogP contribution in [0.2, 0.25) is 0 Å². The first-order valence-electron chi connectivity index (χ1n) is 11.6. The Balaban J connectivity index is 1.76. The third kappa shape index (κ3) is 2.28. The van der Waals surface area contributed by atoms with Crippen molar-refractivity contribution >= 4 is 74.9 Å². The molecular formula is C32H19NS. The molecule has 0 radical (unpaired) electrons. The zero-order chi connectivity index (χ0) is 22.2. The molecule has 0 N–H and O–H groups in total. The lowest BCUT2D eigenvalue weighted by atomic mass is 9.94. The summed E-state index contributed by atoms with van der Waals surface area (Å²) in [5.41, 5.74) is 3.73. The van der Waals surface area contributed by atoms with Crippen LogP contribution in [0.1, 0.15) is 0 Å². The van der Waals surface area contributed by atoms with Gasteiger partial charge in [-0.05, 0) is 41.1 Å². The third-order valence-electron chi connectivity index (χ3n) is 7.15. The maximum atomic E-state index is 2.46. The molecule has 0 saturated carbocycles. The van der Waals surface area contributed by atoms with Gasteiger partial charge in [0, 0.05) is 47.4 Å². The van der Waals surface area contributed by atoms with Gasteiger partial charge in [0.05, 0.1) is 11.0 Å². The van der Waals surface area contributed by atoms with E-state index in [9.17, 15) is 0 Å². The summed E-state index contributed by atoms with van der Waals surface area (Å²) in [5.74, 6) is 0. The minimum Gasteiger partial charge on any atom is -0.309 e. The number of thiophene rings is 1. The minimum atomic E-state index is 1.19. The van der Waals surface area contributed by atoms with Crippen molar-refractivity contribution in [3.8, 4) is 5.69 Å². The standard InChI is InChI=1S/C32H19NS/c1-2-10-20(11-3-1)33-26-16-8-6-14-23(26)30-22-13-5-4-12-21(22)29-25(32(30)33)18-19-28-31(29)24-15-7-9-17-27(24)34-28/h1-19H. The molecule has 0 atom stereocenters. The Morgan fingerprint density at radius 3 is 1.88 bits per heavy atom. The topological polar surface area (TPSA) is 4.93 Å². The van der Waals surface area contributed by atoms with Crippen LogP contribution in [-0.2, 0) is 0 Å². The molecule has 0 aliphatic rings. The van der Waals surface area contributed by atoms with Crippen LogP contribution >= 0.6 is 11.3 Å². The molecule has 2 heteroatoms. The summed E-state index contributed by atoms with van der Waals surface area (Å²) < 4.78 is 5.15. The van der Waals surface area contributed by atoms with Crippen LogP contribution in [0.15, 0.2) is 115 Å². The van der Waals surface area contributed by atoms with Crippen molar-refractivity contribution in [1.82, 2.24) is 4.57 Å². The average molecular weight is 450 g/mol. The quantitative estimate of drug-likeness (QED) is 0.220. The molecule has 1 nitrogen and oxygen atoms in total. The number of aromatic nitrogens is 1. The molecule has 0 aliphatic carbocycles. The lowest BCUT2D eigenvalue weighted by molar-refractivity contribution is 1.19. The van der Waals surface area contributed by atoms with E-state index in [1.165, 1.54) is 69.2 Å². The second-order valence-corrected chi connectivity index (χ2v) is 10.0. The Hall–Kier alpha value is -4.14. The minimum absolute atomic E-state index is 1.19. The fourth-order valence-electron chi connectivity index (χ4n) is 5.83. The molecule has 34 heavy (non-hydrogen) atoms. The van der Waals surface area contributed by atoms with Gasteiger partial charge in [0.25, 0.3) is 0 Å². The first-order chi connectivity index (χ1) is 16.9. The molecule has 6 aromatic carbocycles. The zero-order valence-corrected chi connectivity index (χ0v) is 19.1. The molecule has 0 unspecified atom stereocenters. The first-order valence-corrected chi connectivity index (χ1v) is 12.4. The van der Waals surface area contributed by atoms with E-state index < -0.39 is 0 Å². The number of nitrogens with zero attached hydrogens (tertiary/aromatic N) is 1. The van der Waals surface area contributed by atoms with E-state index in [-0.39, 0.29) is 0 Å². The Morgan fingerprint density at radius 1 is 0.412 bits per heavy atom. The summed E-state index contributed by atoms with van der Waals surface area (Å²) >= 11 is 1.89. The van der Waals surface area contributed by atoms with Crippen LogP contribution in [0, 0.1) is 0 Å². The summed E-state index contributed by atoms with van der Waals surface area (Å²) in [6, 6.07) is 42.1. The SMILES string of the molecule is c1ccc(-n2c3ccccc3c3c4ccccc4c4c(ccc5sc6ccccc6c54)c32)cc1. The van der Waals surface area contributed by atoms with Crippen LogP contribution in [0.3, 0.4) is 0 Å².